The van der Waals surface area contributed by atoms with E-state index in [0.717, 1.165) is 15.5 Å². The Morgan fingerprint density at radius 2 is 1.65 bits per heavy atom. The summed E-state index contributed by atoms with van der Waals surface area (Å²) in [5.74, 6) is -0.181. The number of hydrogen-bond acceptors (Lipinski definition) is 4. The van der Waals surface area contributed by atoms with Gasteiger partial charge in [0.15, 0.2) is 6.20 Å². The minimum atomic E-state index is -3.76. The van der Waals surface area contributed by atoms with E-state index in [-0.39, 0.29) is 30.4 Å². The number of benzene rings is 3. The van der Waals surface area contributed by atoms with Crippen molar-refractivity contribution >= 4 is 38.3 Å². The van der Waals surface area contributed by atoms with Crippen molar-refractivity contribution in [3.63, 3.8) is 0 Å². The normalized spacial score (nSPS) is 16.1. The molecule has 1 saturated heterocycles. The van der Waals surface area contributed by atoms with E-state index < -0.39 is 15.6 Å². The number of halogens is 1. The zero-order valence-corrected chi connectivity index (χ0v) is 22.0. The van der Waals surface area contributed by atoms with Crippen molar-refractivity contribution in [1.29, 1.82) is 0 Å². The van der Waals surface area contributed by atoms with Gasteiger partial charge in [-0.15, -0.1) is 0 Å². The van der Waals surface area contributed by atoms with Gasteiger partial charge < -0.3 is 10.1 Å². The molecule has 0 saturated carbocycles. The molecule has 9 heteroatoms. The maximum atomic E-state index is 13.5. The molecule has 37 heavy (non-hydrogen) atoms. The second-order valence-corrected chi connectivity index (χ2v) is 12.1. The van der Waals surface area contributed by atoms with Crippen LogP contribution in [0.5, 0.6) is 0 Å². The van der Waals surface area contributed by atoms with Crippen molar-refractivity contribution < 1.29 is 17.9 Å². The van der Waals surface area contributed by atoms with Crippen LogP contribution < -0.4 is 4.73 Å². The Kier molecular flexibility index (Phi) is 6.43. The number of pyridine rings is 1. The number of aromatic nitrogens is 1. The summed E-state index contributed by atoms with van der Waals surface area (Å²) in [5, 5.41) is 14.3. The zero-order chi connectivity index (χ0) is 26.4. The van der Waals surface area contributed by atoms with Gasteiger partial charge in [0, 0.05) is 47.9 Å². The molecule has 3 aromatic carbocycles. The molecule has 1 amide bonds. The lowest BCUT2D eigenvalue weighted by Crippen LogP contribution is -2.61. The molecule has 0 spiro atoms. The van der Waals surface area contributed by atoms with Gasteiger partial charge in [-0.3, -0.25) is 4.79 Å². The smallest absolute Gasteiger partial charge is 0.254 e. The molecular formula is C28H26ClN3O4S. The van der Waals surface area contributed by atoms with Crippen LogP contribution in [-0.2, 0) is 10.0 Å². The molecule has 0 radical (unpaired) electrons. The zero-order valence-electron chi connectivity index (χ0n) is 20.5. The highest BCUT2D eigenvalue weighted by molar-refractivity contribution is 7.89. The lowest BCUT2D eigenvalue weighted by molar-refractivity contribution is -0.593. The number of amides is 1. The molecule has 1 aliphatic rings. The average Bonchev–Trinajstić information content (AvgIpc) is 2.88. The topological polar surface area (TPSA) is 84.6 Å². The summed E-state index contributed by atoms with van der Waals surface area (Å²) in [5.41, 5.74) is 0.954. The number of sulfonamides is 1. The van der Waals surface area contributed by atoms with Crippen molar-refractivity contribution in [3.05, 3.63) is 101 Å². The van der Waals surface area contributed by atoms with E-state index in [0.29, 0.717) is 21.8 Å². The Hall–Kier alpha value is -3.46. The number of fused-ring (bicyclic) bond motifs is 1. The first kappa shape index (κ1) is 25.2. The lowest BCUT2D eigenvalue weighted by atomic mass is 9.98. The largest absolute Gasteiger partial charge is 0.618 e. The van der Waals surface area contributed by atoms with Crippen LogP contribution in [0.1, 0.15) is 24.2 Å². The number of hydrogen-bond donors (Lipinski definition) is 0. The van der Waals surface area contributed by atoms with Gasteiger partial charge in [0.1, 0.15) is 0 Å². The summed E-state index contributed by atoms with van der Waals surface area (Å²) in [7, 11) is -3.76. The molecule has 190 valence electrons. The van der Waals surface area contributed by atoms with Gasteiger partial charge in [-0.05, 0) is 79.2 Å². The van der Waals surface area contributed by atoms with Crippen LogP contribution in [0.15, 0.2) is 90.0 Å². The van der Waals surface area contributed by atoms with E-state index in [2.05, 4.69) is 0 Å². The Morgan fingerprint density at radius 3 is 2.35 bits per heavy atom. The molecule has 1 aliphatic heterocycles. The molecule has 0 atom stereocenters. The molecule has 1 fully saturated rings. The molecule has 7 nitrogen and oxygen atoms in total. The fraction of sp³-hybridized carbons (Fsp3) is 0.214. The molecule has 0 aliphatic carbocycles. The van der Waals surface area contributed by atoms with E-state index >= 15 is 0 Å². The van der Waals surface area contributed by atoms with E-state index in [1.807, 2.05) is 13.8 Å². The minimum absolute atomic E-state index is 0.165. The Labute approximate surface area is 221 Å². The number of rotatable bonds is 4. The first-order valence-corrected chi connectivity index (χ1v) is 13.7. The van der Waals surface area contributed by atoms with Crippen LogP contribution in [0.3, 0.4) is 0 Å². The highest BCUT2D eigenvalue weighted by Gasteiger charge is 2.41. The molecule has 1 aromatic heterocycles. The summed E-state index contributed by atoms with van der Waals surface area (Å²) in [6.45, 7) is 4.35. The second kappa shape index (κ2) is 9.45. The van der Waals surface area contributed by atoms with E-state index in [4.69, 9.17) is 11.6 Å². The standard InChI is InChI=1S/C28H26ClN3O4S/c1-28(2)19-30(37(35,36)25-13-11-22-17-24(29)12-10-23(22)18-25)15-16-31(28)27(33)21-8-6-20(7-9-21)26-5-3-4-14-32(26)34/h3-14,17-18H,15-16,19H2,1-2H3. The third kappa shape index (κ3) is 4.80. The molecule has 2 heterocycles. The second-order valence-electron chi connectivity index (χ2n) is 9.75. The highest BCUT2D eigenvalue weighted by atomic mass is 35.5. The number of carbonyl (C=O) groups is 1. The number of piperazine rings is 1. The van der Waals surface area contributed by atoms with Gasteiger partial charge in [0.2, 0.25) is 15.7 Å². The molecule has 0 N–H and O–H groups in total. The molecule has 4 aromatic rings. The summed E-state index contributed by atoms with van der Waals surface area (Å²) < 4.78 is 29.2. The first-order chi connectivity index (χ1) is 17.6. The van der Waals surface area contributed by atoms with Crippen LogP contribution in [-0.4, -0.2) is 48.7 Å². The monoisotopic (exact) mass is 535 g/mol. The first-order valence-electron chi connectivity index (χ1n) is 11.9. The van der Waals surface area contributed by atoms with Crippen LogP contribution in [0, 0.1) is 5.21 Å². The summed E-state index contributed by atoms with van der Waals surface area (Å²) >= 11 is 6.05. The van der Waals surface area contributed by atoms with E-state index in [1.165, 1.54) is 10.5 Å². The average molecular weight is 536 g/mol. The predicted octanol–water partition coefficient (Wildman–Crippen LogP) is 4.72. The van der Waals surface area contributed by atoms with Crippen molar-refractivity contribution in [2.45, 2.75) is 24.3 Å². The van der Waals surface area contributed by atoms with Gasteiger partial charge in [-0.2, -0.15) is 9.04 Å². The quantitative estimate of drug-likeness (QED) is 0.279. The third-order valence-electron chi connectivity index (χ3n) is 6.78. The maximum absolute atomic E-state index is 13.5. The van der Waals surface area contributed by atoms with Gasteiger partial charge in [0.25, 0.3) is 5.91 Å². The van der Waals surface area contributed by atoms with Crippen molar-refractivity contribution in [2.24, 2.45) is 0 Å². The summed E-state index contributed by atoms with van der Waals surface area (Å²) in [4.78, 5) is 15.3. The van der Waals surface area contributed by atoms with Crippen LogP contribution in [0.25, 0.3) is 22.0 Å². The minimum Gasteiger partial charge on any atom is -0.618 e. The van der Waals surface area contributed by atoms with Crippen molar-refractivity contribution in [3.8, 4) is 11.3 Å². The van der Waals surface area contributed by atoms with Crippen molar-refractivity contribution in [1.82, 2.24) is 9.21 Å². The van der Waals surface area contributed by atoms with Crippen molar-refractivity contribution in [2.75, 3.05) is 19.6 Å². The van der Waals surface area contributed by atoms with E-state index in [1.54, 1.807) is 83.8 Å². The fourth-order valence-electron chi connectivity index (χ4n) is 4.79. The Morgan fingerprint density at radius 1 is 0.946 bits per heavy atom. The van der Waals surface area contributed by atoms with Gasteiger partial charge in [-0.25, -0.2) is 8.42 Å². The van der Waals surface area contributed by atoms with Gasteiger partial charge in [-0.1, -0.05) is 23.7 Å². The Balaban J connectivity index is 1.35. The van der Waals surface area contributed by atoms with Gasteiger partial charge in [0.05, 0.1) is 10.4 Å². The number of carbonyl (C=O) groups excluding carboxylic acids is 1. The SMILES string of the molecule is CC1(C)CN(S(=O)(=O)c2ccc3cc(Cl)ccc3c2)CCN1C(=O)c1ccc(-c2cccc[n+]2[O-])cc1. The van der Waals surface area contributed by atoms with Crippen LogP contribution in [0.2, 0.25) is 5.02 Å². The summed E-state index contributed by atoms with van der Waals surface area (Å²) in [6, 6.07) is 22.4. The highest BCUT2D eigenvalue weighted by Crippen LogP contribution is 2.30. The number of nitrogens with zero attached hydrogens (tertiary/aromatic N) is 3. The predicted molar refractivity (Wildman–Crippen MR) is 144 cm³/mol. The Bertz CT molecular complexity index is 1600. The molecule has 0 bridgehead atoms. The maximum Gasteiger partial charge on any atom is 0.254 e. The molecule has 0 unspecified atom stereocenters. The fourth-order valence-corrected chi connectivity index (χ4v) is 6.59. The lowest BCUT2D eigenvalue weighted by Gasteiger charge is -2.46. The van der Waals surface area contributed by atoms with Gasteiger partial charge >= 0.3 is 0 Å². The molecule has 5 rings (SSSR count). The van der Waals surface area contributed by atoms with E-state index in [9.17, 15) is 18.4 Å². The summed E-state index contributed by atoms with van der Waals surface area (Å²) in [6.07, 6.45) is 1.43. The molecular weight excluding hydrogens is 510 g/mol. The van der Waals surface area contributed by atoms with Crippen LogP contribution >= 0.6 is 11.6 Å². The van der Waals surface area contributed by atoms with Crippen LogP contribution in [0.4, 0.5) is 0 Å². The third-order valence-corrected chi connectivity index (χ3v) is 8.85.